The van der Waals surface area contributed by atoms with Gasteiger partial charge >= 0.3 is 5.69 Å². The van der Waals surface area contributed by atoms with Gasteiger partial charge in [0.1, 0.15) is 10.6 Å². The number of benzene rings is 1. The van der Waals surface area contributed by atoms with E-state index in [1.165, 1.54) is 31.4 Å². The van der Waals surface area contributed by atoms with Gasteiger partial charge in [-0.15, -0.1) is 0 Å². The summed E-state index contributed by atoms with van der Waals surface area (Å²) in [5.74, 6) is 0.637. The third kappa shape index (κ3) is 4.63. The van der Waals surface area contributed by atoms with Gasteiger partial charge in [-0.05, 0) is 30.9 Å². The number of nitro groups is 1. The van der Waals surface area contributed by atoms with Gasteiger partial charge in [0.05, 0.1) is 4.92 Å². The molecule has 0 atom stereocenters. The maximum Gasteiger partial charge on any atom is 0.311 e. The molecule has 1 aromatic rings. The van der Waals surface area contributed by atoms with Crippen molar-refractivity contribution in [1.82, 2.24) is 4.90 Å². The summed E-state index contributed by atoms with van der Waals surface area (Å²) in [7, 11) is -3.71. The van der Waals surface area contributed by atoms with Crippen molar-refractivity contribution in [3.63, 3.8) is 0 Å². The van der Waals surface area contributed by atoms with Crippen LogP contribution in [0.25, 0.3) is 0 Å². The molecule has 0 bridgehead atoms. The molecular weight excluding hydrogens is 382 g/mol. The third-order valence-electron chi connectivity index (χ3n) is 5.72. The molecular formula is C19H27N3O5S. The molecule has 1 amide bonds. The van der Waals surface area contributed by atoms with Crippen molar-refractivity contribution in [3.8, 4) is 0 Å². The Kier molecular flexibility index (Phi) is 6.22. The lowest BCUT2D eigenvalue weighted by Gasteiger charge is -2.36. The van der Waals surface area contributed by atoms with Crippen LogP contribution in [-0.4, -0.2) is 56.6 Å². The first-order valence-corrected chi connectivity index (χ1v) is 11.7. The average Bonchev–Trinajstić information content (AvgIpc) is 2.67. The lowest BCUT2D eigenvalue weighted by atomic mass is 9.86. The van der Waals surface area contributed by atoms with E-state index in [-0.39, 0.29) is 16.5 Å². The minimum Gasteiger partial charge on any atom is -0.362 e. The number of carbonyl (C=O) groups excluding carboxylic acids is 1. The highest BCUT2D eigenvalue weighted by atomic mass is 32.2. The zero-order valence-corrected chi connectivity index (χ0v) is 17.0. The molecule has 1 saturated heterocycles. The minimum absolute atomic E-state index is 0.158. The van der Waals surface area contributed by atoms with Crippen LogP contribution in [0, 0.1) is 16.0 Å². The Balaban J connectivity index is 1.69. The summed E-state index contributed by atoms with van der Waals surface area (Å²) < 4.78 is 23.9. The van der Waals surface area contributed by atoms with Crippen LogP contribution in [0.3, 0.4) is 0 Å². The van der Waals surface area contributed by atoms with Gasteiger partial charge in [0.15, 0.2) is 9.84 Å². The summed E-state index contributed by atoms with van der Waals surface area (Å²) in [6, 6.07) is 4.37. The van der Waals surface area contributed by atoms with Crippen LogP contribution >= 0.6 is 0 Å². The Hall–Kier alpha value is -2.16. The second-order valence-corrected chi connectivity index (χ2v) is 9.71. The Morgan fingerprint density at radius 2 is 1.79 bits per heavy atom. The van der Waals surface area contributed by atoms with Crippen LogP contribution in [0.5, 0.6) is 0 Å². The molecule has 154 valence electrons. The van der Waals surface area contributed by atoms with Crippen molar-refractivity contribution >= 4 is 27.1 Å². The molecule has 0 aromatic heterocycles. The topological polar surface area (TPSA) is 101 Å². The summed E-state index contributed by atoms with van der Waals surface area (Å²) in [4.78, 5) is 26.9. The number of rotatable bonds is 5. The van der Waals surface area contributed by atoms with E-state index in [4.69, 9.17) is 0 Å². The summed E-state index contributed by atoms with van der Waals surface area (Å²) in [5, 5.41) is 11.6. The lowest BCUT2D eigenvalue weighted by Crippen LogP contribution is -2.49. The molecule has 1 aliphatic carbocycles. The number of carbonyl (C=O) groups is 1. The fourth-order valence-corrected chi connectivity index (χ4v) is 5.07. The van der Waals surface area contributed by atoms with Gasteiger partial charge in [0, 0.05) is 38.9 Å². The van der Waals surface area contributed by atoms with Crippen molar-refractivity contribution < 1.29 is 18.1 Å². The molecule has 3 rings (SSSR count). The maximum atomic E-state index is 12.6. The van der Waals surface area contributed by atoms with Crippen LogP contribution < -0.4 is 4.90 Å². The number of piperazine rings is 1. The van der Waals surface area contributed by atoms with Gasteiger partial charge in [-0.25, -0.2) is 8.42 Å². The maximum absolute atomic E-state index is 12.6. The number of amides is 1. The first-order valence-electron chi connectivity index (χ1n) is 9.77. The molecule has 0 spiro atoms. The smallest absolute Gasteiger partial charge is 0.311 e. The summed E-state index contributed by atoms with van der Waals surface area (Å²) >= 11 is 0. The summed E-state index contributed by atoms with van der Waals surface area (Å²) in [6.07, 6.45) is 7.46. The van der Waals surface area contributed by atoms with Gasteiger partial charge in [-0.1, -0.05) is 25.3 Å². The highest BCUT2D eigenvalue weighted by molar-refractivity contribution is 7.90. The first-order chi connectivity index (χ1) is 13.3. The zero-order chi connectivity index (χ0) is 20.3. The van der Waals surface area contributed by atoms with Crippen molar-refractivity contribution in [1.29, 1.82) is 0 Å². The highest BCUT2D eigenvalue weighted by Crippen LogP contribution is 2.35. The van der Waals surface area contributed by atoms with E-state index in [0.717, 1.165) is 19.1 Å². The molecule has 1 aliphatic heterocycles. The monoisotopic (exact) mass is 409 g/mol. The van der Waals surface area contributed by atoms with E-state index in [1.807, 2.05) is 4.90 Å². The fraction of sp³-hybridized carbons (Fsp3) is 0.632. The van der Waals surface area contributed by atoms with E-state index < -0.39 is 14.8 Å². The first kappa shape index (κ1) is 20.6. The van der Waals surface area contributed by atoms with Gasteiger partial charge in [0.25, 0.3) is 0 Å². The molecule has 1 aromatic carbocycles. The van der Waals surface area contributed by atoms with E-state index >= 15 is 0 Å². The molecule has 1 saturated carbocycles. The van der Waals surface area contributed by atoms with Crippen LogP contribution in [0.2, 0.25) is 0 Å². The second kappa shape index (κ2) is 8.46. The van der Waals surface area contributed by atoms with E-state index in [2.05, 4.69) is 0 Å². The van der Waals surface area contributed by atoms with Crippen molar-refractivity contribution in [2.45, 2.75) is 43.4 Å². The number of nitro benzene ring substituents is 1. The van der Waals surface area contributed by atoms with Crippen LogP contribution in [0.15, 0.2) is 23.1 Å². The Bertz CT molecular complexity index is 841. The molecule has 0 N–H and O–H groups in total. The van der Waals surface area contributed by atoms with Gasteiger partial charge in [-0.3, -0.25) is 14.9 Å². The van der Waals surface area contributed by atoms with Crippen molar-refractivity contribution in [3.05, 3.63) is 28.3 Å². The number of para-hydroxylation sites is 1. The van der Waals surface area contributed by atoms with Gasteiger partial charge in [0.2, 0.25) is 5.91 Å². The number of nitrogens with zero attached hydrogens (tertiary/aromatic N) is 3. The quantitative estimate of drug-likeness (QED) is 0.547. The third-order valence-corrected chi connectivity index (χ3v) is 6.85. The average molecular weight is 410 g/mol. The molecule has 0 unspecified atom stereocenters. The van der Waals surface area contributed by atoms with Crippen molar-refractivity contribution in [2.24, 2.45) is 5.92 Å². The largest absolute Gasteiger partial charge is 0.362 e. The fourth-order valence-electron chi connectivity index (χ4n) is 4.21. The predicted octanol–water partition coefficient (Wildman–Crippen LogP) is 2.62. The van der Waals surface area contributed by atoms with Crippen LogP contribution in [0.4, 0.5) is 11.4 Å². The van der Waals surface area contributed by atoms with Gasteiger partial charge < -0.3 is 9.80 Å². The highest BCUT2D eigenvalue weighted by Gasteiger charge is 2.31. The van der Waals surface area contributed by atoms with Gasteiger partial charge in [-0.2, -0.15) is 0 Å². The number of hydrogen-bond donors (Lipinski definition) is 0. The number of anilines is 1. The van der Waals surface area contributed by atoms with Crippen LogP contribution in [-0.2, 0) is 14.6 Å². The second-order valence-electron chi connectivity index (χ2n) is 7.73. The Morgan fingerprint density at radius 3 is 2.36 bits per heavy atom. The standard InChI is InChI=1S/C19H27N3O5S/c1-28(26,27)17-9-5-8-16(19(17)22(24)25)20-10-12-21(13-11-20)18(23)14-15-6-3-2-4-7-15/h5,8-9,15H,2-4,6-7,10-14H2,1H3. The minimum atomic E-state index is -3.71. The molecule has 9 heteroatoms. The number of sulfone groups is 1. The van der Waals surface area contributed by atoms with Crippen LogP contribution in [0.1, 0.15) is 38.5 Å². The van der Waals surface area contributed by atoms with E-state index in [0.29, 0.717) is 44.2 Å². The number of hydrogen-bond acceptors (Lipinski definition) is 6. The summed E-state index contributed by atoms with van der Waals surface area (Å²) in [5.41, 5.74) is -0.0840. The Labute approximate surface area is 165 Å². The Morgan fingerprint density at radius 1 is 1.14 bits per heavy atom. The lowest BCUT2D eigenvalue weighted by molar-refractivity contribution is -0.387. The molecule has 8 nitrogen and oxygen atoms in total. The molecule has 2 aliphatic rings. The van der Waals surface area contributed by atoms with Crippen molar-refractivity contribution in [2.75, 3.05) is 37.3 Å². The molecule has 2 fully saturated rings. The molecule has 0 radical (unpaired) electrons. The van der Waals surface area contributed by atoms with E-state index in [1.54, 1.807) is 11.0 Å². The normalized spacial score (nSPS) is 18.9. The SMILES string of the molecule is CS(=O)(=O)c1cccc(N2CCN(C(=O)CC3CCCCC3)CC2)c1[N+](=O)[O-]. The van der Waals surface area contributed by atoms with E-state index in [9.17, 15) is 23.3 Å². The summed E-state index contributed by atoms with van der Waals surface area (Å²) in [6.45, 7) is 1.88. The predicted molar refractivity (Wildman–Crippen MR) is 106 cm³/mol. The zero-order valence-electron chi connectivity index (χ0n) is 16.2. The molecule has 28 heavy (non-hydrogen) atoms. The molecule has 1 heterocycles.